The van der Waals surface area contributed by atoms with E-state index in [1.807, 2.05) is 0 Å². The van der Waals surface area contributed by atoms with Crippen molar-refractivity contribution in [3.63, 3.8) is 0 Å². The molecule has 1 aromatic rings. The van der Waals surface area contributed by atoms with E-state index in [-0.39, 0.29) is 0 Å². The second-order valence-electron chi connectivity index (χ2n) is 6.14. The normalized spacial score (nSPS) is 20.3. The van der Waals surface area contributed by atoms with Gasteiger partial charge in [-0.05, 0) is 54.6 Å². The Morgan fingerprint density at radius 2 is 2.11 bits per heavy atom. The smallest absolute Gasteiger partial charge is 0.0739 e. The number of piperidine rings is 1. The highest BCUT2D eigenvalue weighted by molar-refractivity contribution is 9.10. The minimum Gasteiger partial charge on any atom is -0.297 e. The molecule has 18 heavy (non-hydrogen) atoms. The number of hydrogen-bond acceptors (Lipinski definition) is 2. The molecule has 1 fully saturated rings. The first kappa shape index (κ1) is 14.1. The summed E-state index contributed by atoms with van der Waals surface area (Å²) in [6.07, 6.45) is 2.65. The standard InChI is InChI=1S/C14H24BrN3/c1-5-18-12(13(15)11(2)16-18)9-17-8-6-7-14(3,4)10-17/h5-10H2,1-4H3. The van der Waals surface area contributed by atoms with Gasteiger partial charge in [-0.1, -0.05) is 13.8 Å². The Morgan fingerprint density at radius 1 is 1.39 bits per heavy atom. The maximum atomic E-state index is 4.57. The van der Waals surface area contributed by atoms with E-state index in [1.165, 1.54) is 36.1 Å². The van der Waals surface area contributed by atoms with Crippen LogP contribution in [0.3, 0.4) is 0 Å². The zero-order valence-corrected chi connectivity index (χ0v) is 13.5. The average molecular weight is 314 g/mol. The molecule has 0 bridgehead atoms. The van der Waals surface area contributed by atoms with E-state index in [0.717, 1.165) is 18.8 Å². The molecule has 1 saturated heterocycles. The van der Waals surface area contributed by atoms with Gasteiger partial charge >= 0.3 is 0 Å². The van der Waals surface area contributed by atoms with Crippen LogP contribution in [0.2, 0.25) is 0 Å². The molecule has 2 rings (SSSR count). The third-order valence-electron chi connectivity index (χ3n) is 3.81. The molecule has 3 nitrogen and oxygen atoms in total. The Bertz CT molecular complexity index is 423. The Kier molecular flexibility index (Phi) is 4.17. The van der Waals surface area contributed by atoms with E-state index in [2.05, 4.69) is 58.3 Å². The van der Waals surface area contributed by atoms with Gasteiger partial charge in [0.1, 0.15) is 0 Å². The van der Waals surface area contributed by atoms with Crippen molar-refractivity contribution in [1.82, 2.24) is 14.7 Å². The Hall–Kier alpha value is -0.350. The van der Waals surface area contributed by atoms with Gasteiger partial charge in [0.2, 0.25) is 0 Å². The van der Waals surface area contributed by atoms with Crippen molar-refractivity contribution in [2.24, 2.45) is 5.41 Å². The summed E-state index contributed by atoms with van der Waals surface area (Å²) in [7, 11) is 0. The lowest BCUT2D eigenvalue weighted by atomic mass is 9.84. The topological polar surface area (TPSA) is 21.1 Å². The second-order valence-corrected chi connectivity index (χ2v) is 6.93. The Balaban J connectivity index is 2.14. The van der Waals surface area contributed by atoms with E-state index in [1.54, 1.807) is 0 Å². The lowest BCUT2D eigenvalue weighted by Gasteiger charge is -2.38. The Labute approximate surface area is 119 Å². The Morgan fingerprint density at radius 3 is 2.72 bits per heavy atom. The van der Waals surface area contributed by atoms with Gasteiger partial charge in [-0.3, -0.25) is 9.58 Å². The maximum absolute atomic E-state index is 4.57. The molecular formula is C14H24BrN3. The number of aryl methyl sites for hydroxylation is 2. The van der Waals surface area contributed by atoms with Crippen LogP contribution in [-0.4, -0.2) is 27.8 Å². The first-order chi connectivity index (χ1) is 8.43. The lowest BCUT2D eigenvalue weighted by Crippen LogP contribution is -2.39. The summed E-state index contributed by atoms with van der Waals surface area (Å²) in [6.45, 7) is 13.3. The summed E-state index contributed by atoms with van der Waals surface area (Å²) in [5.74, 6) is 0. The monoisotopic (exact) mass is 313 g/mol. The summed E-state index contributed by atoms with van der Waals surface area (Å²) < 4.78 is 3.31. The molecule has 2 heterocycles. The van der Waals surface area contributed by atoms with Crippen LogP contribution in [-0.2, 0) is 13.1 Å². The fraction of sp³-hybridized carbons (Fsp3) is 0.786. The SMILES string of the molecule is CCn1nc(C)c(Br)c1CN1CCCC(C)(C)C1. The molecule has 4 heteroatoms. The molecule has 0 saturated carbocycles. The molecule has 0 spiro atoms. The van der Waals surface area contributed by atoms with E-state index in [0.29, 0.717) is 5.41 Å². The summed E-state index contributed by atoms with van der Waals surface area (Å²) in [5.41, 5.74) is 2.88. The van der Waals surface area contributed by atoms with Crippen LogP contribution in [0.15, 0.2) is 4.47 Å². The summed E-state index contributed by atoms with van der Waals surface area (Å²) in [5, 5.41) is 4.57. The molecule has 1 aliphatic rings. The van der Waals surface area contributed by atoms with Crippen molar-refractivity contribution >= 4 is 15.9 Å². The molecule has 0 aliphatic carbocycles. The summed E-state index contributed by atoms with van der Waals surface area (Å²) in [4.78, 5) is 2.57. The number of halogens is 1. The van der Waals surface area contributed by atoms with Gasteiger partial charge in [-0.25, -0.2) is 0 Å². The molecule has 1 aliphatic heterocycles. The predicted octanol–water partition coefficient (Wildman–Crippen LogP) is 3.60. The third-order valence-corrected chi connectivity index (χ3v) is 4.84. The number of likely N-dealkylation sites (tertiary alicyclic amines) is 1. The molecule has 0 N–H and O–H groups in total. The number of rotatable bonds is 3. The molecular weight excluding hydrogens is 290 g/mol. The van der Waals surface area contributed by atoms with Crippen molar-refractivity contribution in [2.75, 3.05) is 13.1 Å². The van der Waals surface area contributed by atoms with E-state index >= 15 is 0 Å². The van der Waals surface area contributed by atoms with Crippen LogP contribution in [0.25, 0.3) is 0 Å². The van der Waals surface area contributed by atoms with Crippen LogP contribution in [0.4, 0.5) is 0 Å². The van der Waals surface area contributed by atoms with Crippen LogP contribution in [0, 0.1) is 12.3 Å². The van der Waals surface area contributed by atoms with Crippen LogP contribution in [0.5, 0.6) is 0 Å². The van der Waals surface area contributed by atoms with Gasteiger partial charge < -0.3 is 0 Å². The highest BCUT2D eigenvalue weighted by atomic mass is 79.9. The van der Waals surface area contributed by atoms with Crippen molar-refractivity contribution in [3.8, 4) is 0 Å². The van der Waals surface area contributed by atoms with Crippen molar-refractivity contribution in [3.05, 3.63) is 15.9 Å². The van der Waals surface area contributed by atoms with Gasteiger partial charge in [-0.15, -0.1) is 0 Å². The lowest BCUT2D eigenvalue weighted by molar-refractivity contribution is 0.109. The maximum Gasteiger partial charge on any atom is 0.0739 e. The molecule has 0 radical (unpaired) electrons. The number of hydrogen-bond donors (Lipinski definition) is 0. The molecule has 0 atom stereocenters. The van der Waals surface area contributed by atoms with Crippen molar-refractivity contribution in [1.29, 1.82) is 0 Å². The first-order valence-electron chi connectivity index (χ1n) is 6.87. The summed E-state index contributed by atoms with van der Waals surface area (Å²) in [6, 6.07) is 0. The fourth-order valence-electron chi connectivity index (χ4n) is 2.91. The highest BCUT2D eigenvalue weighted by Gasteiger charge is 2.27. The van der Waals surface area contributed by atoms with Crippen LogP contribution in [0.1, 0.15) is 45.0 Å². The summed E-state index contributed by atoms with van der Waals surface area (Å²) >= 11 is 3.69. The van der Waals surface area contributed by atoms with E-state index < -0.39 is 0 Å². The zero-order valence-electron chi connectivity index (χ0n) is 12.0. The van der Waals surface area contributed by atoms with E-state index in [9.17, 15) is 0 Å². The van der Waals surface area contributed by atoms with Gasteiger partial charge in [-0.2, -0.15) is 5.10 Å². The highest BCUT2D eigenvalue weighted by Crippen LogP contribution is 2.30. The second kappa shape index (κ2) is 5.33. The largest absolute Gasteiger partial charge is 0.297 e. The van der Waals surface area contributed by atoms with Crippen molar-refractivity contribution in [2.45, 2.75) is 53.6 Å². The number of nitrogens with zero attached hydrogens (tertiary/aromatic N) is 3. The quantitative estimate of drug-likeness (QED) is 0.850. The average Bonchev–Trinajstić information content (AvgIpc) is 2.55. The zero-order chi connectivity index (χ0) is 13.3. The van der Waals surface area contributed by atoms with Gasteiger partial charge in [0.05, 0.1) is 15.9 Å². The van der Waals surface area contributed by atoms with Gasteiger partial charge in [0, 0.05) is 19.6 Å². The van der Waals surface area contributed by atoms with Crippen molar-refractivity contribution < 1.29 is 0 Å². The molecule has 0 aromatic carbocycles. The van der Waals surface area contributed by atoms with E-state index in [4.69, 9.17) is 0 Å². The molecule has 0 amide bonds. The van der Waals surface area contributed by atoms with Gasteiger partial charge in [0.25, 0.3) is 0 Å². The minimum absolute atomic E-state index is 0.455. The van der Waals surface area contributed by atoms with Crippen LogP contribution < -0.4 is 0 Å². The fourth-order valence-corrected chi connectivity index (χ4v) is 3.32. The number of aromatic nitrogens is 2. The predicted molar refractivity (Wildman–Crippen MR) is 78.6 cm³/mol. The minimum atomic E-state index is 0.455. The van der Waals surface area contributed by atoms with Gasteiger partial charge in [0.15, 0.2) is 0 Å². The molecule has 102 valence electrons. The molecule has 0 unspecified atom stereocenters. The third kappa shape index (κ3) is 2.97. The first-order valence-corrected chi connectivity index (χ1v) is 7.66. The molecule has 1 aromatic heterocycles. The van der Waals surface area contributed by atoms with Crippen LogP contribution >= 0.6 is 15.9 Å².